The van der Waals surface area contributed by atoms with Gasteiger partial charge in [0.25, 0.3) is 5.69 Å². The Morgan fingerprint density at radius 2 is 1.93 bits per heavy atom. The smallest absolute Gasteiger partial charge is 0.276 e. The first kappa shape index (κ1) is 19.4. The minimum Gasteiger partial charge on any atom is -0.330 e. The molecular formula is C18H20FN3O4S. The quantitative estimate of drug-likeness (QED) is 0.620. The van der Waals surface area contributed by atoms with Gasteiger partial charge in [-0.15, -0.1) is 0 Å². The van der Waals surface area contributed by atoms with Crippen molar-refractivity contribution in [2.24, 2.45) is 11.7 Å². The number of hydrogen-bond acceptors (Lipinski definition) is 5. The average molecular weight is 393 g/mol. The molecular weight excluding hydrogens is 373 g/mol. The van der Waals surface area contributed by atoms with Crippen LogP contribution in [0, 0.1) is 28.8 Å². The predicted octanol–water partition coefficient (Wildman–Crippen LogP) is 2.41. The van der Waals surface area contributed by atoms with Gasteiger partial charge in [0, 0.05) is 25.1 Å². The molecule has 0 unspecified atom stereocenters. The van der Waals surface area contributed by atoms with Crippen molar-refractivity contribution in [1.82, 2.24) is 4.31 Å². The Morgan fingerprint density at radius 1 is 1.26 bits per heavy atom. The number of nitrogens with zero attached hydrogens (tertiary/aromatic N) is 2. The molecule has 0 aromatic heterocycles. The van der Waals surface area contributed by atoms with E-state index in [0.29, 0.717) is 6.54 Å². The van der Waals surface area contributed by atoms with Crippen molar-refractivity contribution in [3.63, 3.8) is 0 Å². The summed E-state index contributed by atoms with van der Waals surface area (Å²) in [6, 6.07) is 11.2. The number of halogens is 1. The number of rotatable bonds is 5. The zero-order valence-corrected chi connectivity index (χ0v) is 15.5. The molecule has 2 N–H and O–H groups in total. The zero-order valence-electron chi connectivity index (χ0n) is 14.7. The summed E-state index contributed by atoms with van der Waals surface area (Å²) in [6.07, 6.45) is 0. The number of nitro benzene ring substituents is 1. The molecule has 0 spiro atoms. The molecule has 3 rings (SSSR count). The molecule has 0 saturated carbocycles. The van der Waals surface area contributed by atoms with Crippen molar-refractivity contribution in [1.29, 1.82) is 0 Å². The lowest BCUT2D eigenvalue weighted by Crippen LogP contribution is -2.30. The Balaban J connectivity index is 1.98. The van der Waals surface area contributed by atoms with Gasteiger partial charge in [0.1, 0.15) is 5.82 Å². The summed E-state index contributed by atoms with van der Waals surface area (Å²) < 4.78 is 41.3. The Bertz CT molecular complexity index is 966. The third-order valence-electron chi connectivity index (χ3n) is 5.06. The maximum Gasteiger partial charge on any atom is 0.276 e. The van der Waals surface area contributed by atoms with Gasteiger partial charge in [-0.2, -0.15) is 4.31 Å². The van der Waals surface area contributed by atoms with E-state index in [1.54, 1.807) is 0 Å². The number of benzene rings is 2. The van der Waals surface area contributed by atoms with E-state index in [-0.39, 0.29) is 30.5 Å². The monoisotopic (exact) mass is 393 g/mol. The maximum atomic E-state index is 14.1. The summed E-state index contributed by atoms with van der Waals surface area (Å²) in [7, 11) is -4.08. The van der Waals surface area contributed by atoms with Crippen LogP contribution in [0.2, 0.25) is 0 Å². The summed E-state index contributed by atoms with van der Waals surface area (Å²) in [5.74, 6) is -1.10. The molecule has 144 valence electrons. The summed E-state index contributed by atoms with van der Waals surface area (Å²) in [6.45, 7) is 1.92. The first-order valence-electron chi connectivity index (χ1n) is 8.45. The van der Waals surface area contributed by atoms with Crippen molar-refractivity contribution < 1.29 is 17.7 Å². The molecule has 1 aliphatic rings. The lowest BCUT2D eigenvalue weighted by Gasteiger charge is -2.17. The maximum absolute atomic E-state index is 14.1. The van der Waals surface area contributed by atoms with E-state index in [1.807, 2.05) is 30.3 Å². The molecule has 0 aliphatic carbocycles. The molecule has 0 radical (unpaired) electrons. The second-order valence-corrected chi connectivity index (χ2v) is 8.58. The molecule has 2 aromatic rings. The number of sulfonamides is 1. The number of hydrogen-bond donors (Lipinski definition) is 1. The molecule has 1 fully saturated rings. The zero-order chi connectivity index (χ0) is 19.8. The normalized spacial score (nSPS) is 20.7. The van der Waals surface area contributed by atoms with Gasteiger partial charge in [0.2, 0.25) is 10.0 Å². The van der Waals surface area contributed by atoms with Crippen LogP contribution in [0.1, 0.15) is 17.0 Å². The van der Waals surface area contributed by atoms with E-state index in [4.69, 9.17) is 5.73 Å². The van der Waals surface area contributed by atoms with Gasteiger partial charge in [0.15, 0.2) is 0 Å². The van der Waals surface area contributed by atoms with Crippen LogP contribution in [0.25, 0.3) is 0 Å². The fraction of sp³-hybridized carbons (Fsp3) is 0.333. The highest BCUT2D eigenvalue weighted by atomic mass is 32.2. The second-order valence-electron chi connectivity index (χ2n) is 6.64. The van der Waals surface area contributed by atoms with Crippen LogP contribution in [0.5, 0.6) is 0 Å². The molecule has 2 aromatic carbocycles. The number of nitro groups is 1. The van der Waals surface area contributed by atoms with Crippen LogP contribution >= 0.6 is 0 Å². The van der Waals surface area contributed by atoms with Crippen molar-refractivity contribution in [2.45, 2.75) is 17.7 Å². The van der Waals surface area contributed by atoms with E-state index < -0.39 is 31.3 Å². The van der Waals surface area contributed by atoms with Crippen LogP contribution in [0.4, 0.5) is 10.1 Å². The molecule has 7 nitrogen and oxygen atoms in total. The van der Waals surface area contributed by atoms with Crippen molar-refractivity contribution >= 4 is 15.7 Å². The van der Waals surface area contributed by atoms with E-state index in [1.165, 1.54) is 11.2 Å². The van der Waals surface area contributed by atoms with Crippen molar-refractivity contribution in [3.8, 4) is 0 Å². The Kier molecular flexibility index (Phi) is 5.27. The Hall–Kier alpha value is -2.36. The Morgan fingerprint density at radius 3 is 2.52 bits per heavy atom. The molecule has 27 heavy (non-hydrogen) atoms. The molecule has 2 atom stereocenters. The average Bonchev–Trinajstić information content (AvgIpc) is 3.09. The lowest BCUT2D eigenvalue weighted by atomic mass is 9.89. The van der Waals surface area contributed by atoms with Gasteiger partial charge >= 0.3 is 0 Å². The van der Waals surface area contributed by atoms with Crippen LogP contribution in [-0.4, -0.2) is 37.3 Å². The van der Waals surface area contributed by atoms with Gasteiger partial charge in [-0.1, -0.05) is 30.3 Å². The molecule has 9 heteroatoms. The highest BCUT2D eigenvalue weighted by Gasteiger charge is 2.40. The fourth-order valence-electron chi connectivity index (χ4n) is 3.47. The first-order chi connectivity index (χ1) is 12.8. The van der Waals surface area contributed by atoms with E-state index in [9.17, 15) is 22.9 Å². The SMILES string of the molecule is Cc1c(F)cc(S(=O)(=O)N2C[C@@H](CN)[C@H](c3ccccc3)C2)cc1[N+](=O)[O-]. The van der Waals surface area contributed by atoms with E-state index in [2.05, 4.69) is 0 Å². The molecule has 1 heterocycles. The largest absolute Gasteiger partial charge is 0.330 e. The van der Waals surface area contributed by atoms with Gasteiger partial charge < -0.3 is 5.73 Å². The van der Waals surface area contributed by atoms with E-state index in [0.717, 1.165) is 17.7 Å². The fourth-order valence-corrected chi connectivity index (χ4v) is 5.03. The molecule has 1 aliphatic heterocycles. The molecule has 1 saturated heterocycles. The highest BCUT2D eigenvalue weighted by Crippen LogP contribution is 2.36. The van der Waals surface area contributed by atoms with Crippen LogP contribution in [-0.2, 0) is 10.0 Å². The van der Waals surface area contributed by atoms with Crippen molar-refractivity contribution in [2.75, 3.05) is 19.6 Å². The standard InChI is InChI=1S/C18H20FN3O4S/c1-12-17(19)7-15(8-18(12)22(23)24)27(25,26)21-10-14(9-20)16(11-21)13-5-3-2-4-6-13/h2-8,14,16H,9-11,20H2,1H3/t14-,16+/m1/s1. The van der Waals surface area contributed by atoms with Gasteiger partial charge in [-0.05, 0) is 31.0 Å². The minimum atomic E-state index is -4.08. The second kappa shape index (κ2) is 7.34. The third-order valence-corrected chi connectivity index (χ3v) is 6.87. The van der Waals surface area contributed by atoms with Gasteiger partial charge in [-0.3, -0.25) is 10.1 Å². The van der Waals surface area contributed by atoms with E-state index >= 15 is 0 Å². The van der Waals surface area contributed by atoms with Crippen LogP contribution in [0.15, 0.2) is 47.4 Å². The summed E-state index contributed by atoms with van der Waals surface area (Å²) in [5, 5.41) is 11.1. The lowest BCUT2D eigenvalue weighted by molar-refractivity contribution is -0.385. The van der Waals surface area contributed by atoms with Gasteiger partial charge in [0.05, 0.1) is 15.4 Å². The molecule has 0 amide bonds. The highest BCUT2D eigenvalue weighted by molar-refractivity contribution is 7.89. The van der Waals surface area contributed by atoms with Crippen LogP contribution < -0.4 is 5.73 Å². The summed E-state index contributed by atoms with van der Waals surface area (Å²) in [5.41, 5.74) is 6.08. The van der Waals surface area contributed by atoms with Crippen LogP contribution in [0.3, 0.4) is 0 Å². The minimum absolute atomic E-state index is 0.0868. The third kappa shape index (κ3) is 3.58. The molecule has 0 bridgehead atoms. The summed E-state index contributed by atoms with van der Waals surface area (Å²) >= 11 is 0. The summed E-state index contributed by atoms with van der Waals surface area (Å²) in [4.78, 5) is 9.93. The topological polar surface area (TPSA) is 107 Å². The predicted molar refractivity (Wildman–Crippen MR) is 98.3 cm³/mol. The number of nitrogens with two attached hydrogens (primary N) is 1. The first-order valence-corrected chi connectivity index (χ1v) is 9.89. The van der Waals surface area contributed by atoms with Gasteiger partial charge in [-0.25, -0.2) is 12.8 Å². The Labute approximate surface area is 156 Å². The van der Waals surface area contributed by atoms with Crippen molar-refractivity contribution in [3.05, 3.63) is 69.5 Å².